The maximum Gasteiger partial charge on any atom is 0.0952 e. The second-order valence-corrected chi connectivity index (χ2v) is 6.30. The van der Waals surface area contributed by atoms with Gasteiger partial charge in [0.05, 0.1) is 25.9 Å². The average Bonchev–Trinajstić information content (AvgIpc) is 2.97. The summed E-state index contributed by atoms with van der Waals surface area (Å²) >= 11 is 0. The number of aromatic nitrogens is 1. The van der Waals surface area contributed by atoms with Crippen molar-refractivity contribution < 1.29 is 9.84 Å². The Morgan fingerprint density at radius 1 is 0.760 bits per heavy atom. The Morgan fingerprint density at radius 2 is 1.32 bits per heavy atom. The predicted molar refractivity (Wildman–Crippen MR) is 102 cm³/mol. The maximum absolute atomic E-state index is 10.5. The highest BCUT2D eigenvalue weighted by atomic mass is 16.5. The van der Waals surface area contributed by atoms with Crippen LogP contribution in [0, 0.1) is 0 Å². The Labute approximate surface area is 147 Å². The van der Waals surface area contributed by atoms with Crippen molar-refractivity contribution in [1.82, 2.24) is 4.57 Å². The van der Waals surface area contributed by atoms with Gasteiger partial charge in [-0.05, 0) is 17.7 Å². The minimum atomic E-state index is -0.553. The third kappa shape index (κ3) is 3.29. The zero-order valence-electron chi connectivity index (χ0n) is 14.0. The molecule has 0 saturated carbocycles. The van der Waals surface area contributed by atoms with Crippen LogP contribution in [0.5, 0.6) is 0 Å². The van der Waals surface area contributed by atoms with Gasteiger partial charge in [-0.15, -0.1) is 0 Å². The summed E-state index contributed by atoms with van der Waals surface area (Å²) in [5.74, 6) is 0. The standard InChI is InChI=1S/C22H21NO2/c24-18(16-25-15-17-8-2-1-3-9-17)14-23-21-12-6-4-10-19(21)20-11-5-7-13-22(20)23/h1-13,18,24H,14-16H2. The highest BCUT2D eigenvalue weighted by Gasteiger charge is 2.13. The normalized spacial score (nSPS) is 12.7. The fourth-order valence-corrected chi connectivity index (χ4v) is 3.35. The molecule has 0 bridgehead atoms. The first-order valence-electron chi connectivity index (χ1n) is 8.58. The second-order valence-electron chi connectivity index (χ2n) is 6.30. The van der Waals surface area contributed by atoms with Gasteiger partial charge in [-0.1, -0.05) is 66.7 Å². The van der Waals surface area contributed by atoms with Gasteiger partial charge in [-0.25, -0.2) is 0 Å². The fourth-order valence-electron chi connectivity index (χ4n) is 3.35. The predicted octanol–water partition coefficient (Wildman–Crippen LogP) is 4.37. The number of fused-ring (bicyclic) bond motifs is 3. The lowest BCUT2D eigenvalue weighted by Crippen LogP contribution is -2.21. The molecule has 3 heteroatoms. The van der Waals surface area contributed by atoms with Crippen molar-refractivity contribution in [2.75, 3.05) is 6.61 Å². The molecule has 0 aliphatic carbocycles. The van der Waals surface area contributed by atoms with E-state index in [1.165, 1.54) is 10.8 Å². The van der Waals surface area contributed by atoms with E-state index in [0.29, 0.717) is 19.8 Å². The molecule has 126 valence electrons. The van der Waals surface area contributed by atoms with Crippen LogP contribution in [0.3, 0.4) is 0 Å². The molecule has 4 aromatic rings. The first kappa shape index (κ1) is 15.9. The van der Waals surface area contributed by atoms with Gasteiger partial charge in [0.25, 0.3) is 0 Å². The highest BCUT2D eigenvalue weighted by Crippen LogP contribution is 2.28. The van der Waals surface area contributed by atoms with Crippen LogP contribution in [0.1, 0.15) is 5.56 Å². The Kier molecular flexibility index (Phi) is 4.51. The second kappa shape index (κ2) is 7.09. The summed E-state index contributed by atoms with van der Waals surface area (Å²) in [6.45, 7) is 1.35. The Hall–Kier alpha value is -2.62. The van der Waals surface area contributed by atoms with Gasteiger partial charge in [0, 0.05) is 21.8 Å². The Balaban J connectivity index is 1.51. The number of hydrogen-bond donors (Lipinski definition) is 1. The SMILES string of the molecule is OC(COCc1ccccc1)Cn1c2ccccc2c2ccccc21. The van der Waals surface area contributed by atoms with Crippen LogP contribution in [0.15, 0.2) is 78.9 Å². The lowest BCUT2D eigenvalue weighted by atomic mass is 10.2. The summed E-state index contributed by atoms with van der Waals surface area (Å²) in [5, 5.41) is 12.9. The number of para-hydroxylation sites is 2. The third-order valence-electron chi connectivity index (χ3n) is 4.49. The van der Waals surface area contributed by atoms with E-state index < -0.39 is 6.10 Å². The van der Waals surface area contributed by atoms with E-state index in [-0.39, 0.29) is 0 Å². The van der Waals surface area contributed by atoms with Crippen molar-refractivity contribution >= 4 is 21.8 Å². The number of aliphatic hydroxyl groups excluding tert-OH is 1. The van der Waals surface area contributed by atoms with Gasteiger partial charge in [0.1, 0.15) is 0 Å². The number of hydrogen-bond acceptors (Lipinski definition) is 2. The molecule has 0 aliphatic heterocycles. The summed E-state index contributed by atoms with van der Waals surface area (Å²) < 4.78 is 7.87. The molecule has 3 aromatic carbocycles. The quantitative estimate of drug-likeness (QED) is 0.569. The van der Waals surface area contributed by atoms with Crippen molar-refractivity contribution in [2.45, 2.75) is 19.3 Å². The van der Waals surface area contributed by atoms with Gasteiger partial charge in [0.15, 0.2) is 0 Å². The van der Waals surface area contributed by atoms with E-state index in [9.17, 15) is 5.11 Å². The zero-order valence-corrected chi connectivity index (χ0v) is 14.0. The molecular weight excluding hydrogens is 310 g/mol. The highest BCUT2D eigenvalue weighted by molar-refractivity contribution is 6.07. The molecule has 0 spiro atoms. The number of rotatable bonds is 6. The molecule has 3 nitrogen and oxygen atoms in total. The largest absolute Gasteiger partial charge is 0.389 e. The van der Waals surface area contributed by atoms with E-state index in [2.05, 4.69) is 41.0 Å². The minimum Gasteiger partial charge on any atom is -0.389 e. The molecule has 0 fully saturated rings. The topological polar surface area (TPSA) is 34.4 Å². The molecule has 0 radical (unpaired) electrons. The van der Waals surface area contributed by atoms with E-state index >= 15 is 0 Å². The fraction of sp³-hybridized carbons (Fsp3) is 0.182. The molecule has 1 unspecified atom stereocenters. The van der Waals surface area contributed by atoms with Crippen LogP contribution >= 0.6 is 0 Å². The van der Waals surface area contributed by atoms with Gasteiger partial charge < -0.3 is 14.4 Å². The first-order chi connectivity index (χ1) is 12.3. The number of aliphatic hydroxyl groups is 1. The Bertz CT molecular complexity index is 922. The molecular formula is C22H21NO2. The van der Waals surface area contributed by atoms with Crippen LogP contribution < -0.4 is 0 Å². The molecule has 25 heavy (non-hydrogen) atoms. The van der Waals surface area contributed by atoms with Crippen LogP contribution in [0.25, 0.3) is 21.8 Å². The van der Waals surface area contributed by atoms with E-state index in [4.69, 9.17) is 4.74 Å². The summed E-state index contributed by atoms with van der Waals surface area (Å²) in [4.78, 5) is 0. The smallest absolute Gasteiger partial charge is 0.0952 e. The van der Waals surface area contributed by atoms with Gasteiger partial charge in [-0.2, -0.15) is 0 Å². The molecule has 1 aromatic heterocycles. The van der Waals surface area contributed by atoms with E-state index in [0.717, 1.165) is 16.6 Å². The summed E-state index contributed by atoms with van der Waals surface area (Å²) in [6.07, 6.45) is -0.553. The number of benzene rings is 3. The van der Waals surface area contributed by atoms with Crippen molar-refractivity contribution in [1.29, 1.82) is 0 Å². The van der Waals surface area contributed by atoms with Crippen LogP contribution in [0.2, 0.25) is 0 Å². The molecule has 4 rings (SSSR count). The zero-order chi connectivity index (χ0) is 17.1. The van der Waals surface area contributed by atoms with E-state index in [1.807, 2.05) is 42.5 Å². The number of nitrogens with zero attached hydrogens (tertiary/aromatic N) is 1. The first-order valence-corrected chi connectivity index (χ1v) is 8.58. The lowest BCUT2D eigenvalue weighted by molar-refractivity contribution is 0.0214. The molecule has 0 amide bonds. The van der Waals surface area contributed by atoms with Crippen LogP contribution in [-0.2, 0) is 17.9 Å². The molecule has 0 aliphatic rings. The monoisotopic (exact) mass is 331 g/mol. The third-order valence-corrected chi connectivity index (χ3v) is 4.49. The molecule has 0 saturated heterocycles. The summed E-state index contributed by atoms with van der Waals surface area (Å²) in [6, 6.07) is 26.7. The van der Waals surface area contributed by atoms with Gasteiger partial charge >= 0.3 is 0 Å². The summed E-state index contributed by atoms with van der Waals surface area (Å²) in [7, 11) is 0. The molecule has 1 atom stereocenters. The van der Waals surface area contributed by atoms with Crippen molar-refractivity contribution in [2.24, 2.45) is 0 Å². The van der Waals surface area contributed by atoms with Crippen molar-refractivity contribution in [3.63, 3.8) is 0 Å². The van der Waals surface area contributed by atoms with E-state index in [1.54, 1.807) is 0 Å². The number of ether oxygens (including phenoxy) is 1. The van der Waals surface area contributed by atoms with Crippen LogP contribution in [0.4, 0.5) is 0 Å². The van der Waals surface area contributed by atoms with Crippen molar-refractivity contribution in [3.8, 4) is 0 Å². The van der Waals surface area contributed by atoms with Gasteiger partial charge in [0.2, 0.25) is 0 Å². The molecule has 1 N–H and O–H groups in total. The van der Waals surface area contributed by atoms with Crippen molar-refractivity contribution in [3.05, 3.63) is 84.4 Å². The minimum absolute atomic E-state index is 0.315. The maximum atomic E-state index is 10.5. The summed E-state index contributed by atoms with van der Waals surface area (Å²) in [5.41, 5.74) is 3.41. The molecule has 1 heterocycles. The average molecular weight is 331 g/mol. The van der Waals surface area contributed by atoms with Crippen LogP contribution in [-0.4, -0.2) is 22.4 Å². The Morgan fingerprint density at radius 3 is 1.96 bits per heavy atom. The van der Waals surface area contributed by atoms with Gasteiger partial charge in [-0.3, -0.25) is 0 Å². The lowest BCUT2D eigenvalue weighted by Gasteiger charge is -2.14.